The SMILES string of the molecule is COc1cc(C(=O)Nc2ccc3ncn(C)c3c2)cc(OC)c1OC. The quantitative estimate of drug-likeness (QED) is 0.772. The van der Waals surface area contributed by atoms with Crippen LogP contribution < -0.4 is 19.5 Å². The summed E-state index contributed by atoms with van der Waals surface area (Å²) in [5, 5.41) is 2.88. The van der Waals surface area contributed by atoms with Gasteiger partial charge in [-0.3, -0.25) is 4.79 Å². The van der Waals surface area contributed by atoms with E-state index in [4.69, 9.17) is 14.2 Å². The fourth-order valence-electron chi connectivity index (χ4n) is 2.62. The van der Waals surface area contributed by atoms with Gasteiger partial charge in [-0.15, -0.1) is 0 Å². The number of carbonyl (C=O) groups is 1. The van der Waals surface area contributed by atoms with Gasteiger partial charge in [0, 0.05) is 18.3 Å². The summed E-state index contributed by atoms with van der Waals surface area (Å²) in [7, 11) is 6.44. The van der Waals surface area contributed by atoms with Crippen LogP contribution in [0.1, 0.15) is 10.4 Å². The molecule has 0 unspecified atom stereocenters. The Kier molecular flexibility index (Phi) is 4.47. The van der Waals surface area contributed by atoms with Crippen LogP contribution in [0, 0.1) is 0 Å². The molecule has 7 nitrogen and oxygen atoms in total. The first kappa shape index (κ1) is 16.6. The minimum Gasteiger partial charge on any atom is -0.493 e. The van der Waals surface area contributed by atoms with Crippen molar-refractivity contribution in [3.63, 3.8) is 0 Å². The number of ether oxygens (including phenoxy) is 3. The molecule has 3 aromatic rings. The van der Waals surface area contributed by atoms with Crippen molar-refractivity contribution in [1.29, 1.82) is 0 Å². The van der Waals surface area contributed by atoms with Crippen molar-refractivity contribution in [2.75, 3.05) is 26.6 Å². The van der Waals surface area contributed by atoms with Crippen molar-refractivity contribution >= 4 is 22.6 Å². The van der Waals surface area contributed by atoms with Crippen LogP contribution in [0.2, 0.25) is 0 Å². The van der Waals surface area contributed by atoms with Gasteiger partial charge in [0.1, 0.15) is 0 Å². The van der Waals surface area contributed by atoms with E-state index in [-0.39, 0.29) is 5.91 Å². The molecular formula is C18H19N3O4. The first-order valence-corrected chi connectivity index (χ1v) is 7.59. The Hall–Kier alpha value is -3.22. The summed E-state index contributed by atoms with van der Waals surface area (Å²) in [4.78, 5) is 16.9. The number of aryl methyl sites for hydroxylation is 1. The van der Waals surface area contributed by atoms with E-state index in [1.807, 2.05) is 29.8 Å². The average Bonchev–Trinajstić information content (AvgIpc) is 3.00. The number of carbonyl (C=O) groups excluding carboxylic acids is 1. The van der Waals surface area contributed by atoms with Crippen molar-refractivity contribution < 1.29 is 19.0 Å². The van der Waals surface area contributed by atoms with Crippen LogP contribution in [0.3, 0.4) is 0 Å². The van der Waals surface area contributed by atoms with E-state index in [0.717, 1.165) is 11.0 Å². The van der Waals surface area contributed by atoms with Crippen LogP contribution in [-0.4, -0.2) is 36.8 Å². The molecule has 0 aliphatic carbocycles. The zero-order valence-electron chi connectivity index (χ0n) is 14.5. The van der Waals surface area contributed by atoms with Crippen LogP contribution >= 0.6 is 0 Å². The molecule has 1 heterocycles. The number of hydrogen-bond donors (Lipinski definition) is 1. The third-order valence-electron chi connectivity index (χ3n) is 3.91. The summed E-state index contributed by atoms with van der Waals surface area (Å²) in [5.74, 6) is 1.02. The van der Waals surface area contributed by atoms with E-state index in [2.05, 4.69) is 10.3 Å². The topological polar surface area (TPSA) is 74.6 Å². The molecule has 0 aliphatic heterocycles. The summed E-state index contributed by atoms with van der Waals surface area (Å²) in [6, 6.07) is 8.77. The van der Waals surface area contributed by atoms with Crippen molar-refractivity contribution in [3.05, 3.63) is 42.2 Å². The molecule has 0 fully saturated rings. The maximum absolute atomic E-state index is 12.6. The number of aromatic nitrogens is 2. The third kappa shape index (κ3) is 3.08. The van der Waals surface area contributed by atoms with Gasteiger partial charge in [-0.25, -0.2) is 4.98 Å². The maximum atomic E-state index is 12.6. The van der Waals surface area contributed by atoms with Gasteiger partial charge in [-0.1, -0.05) is 0 Å². The summed E-state index contributed by atoms with van der Waals surface area (Å²) in [5.41, 5.74) is 2.88. The lowest BCUT2D eigenvalue weighted by Crippen LogP contribution is -2.12. The zero-order valence-corrected chi connectivity index (χ0v) is 14.5. The number of amides is 1. The second-order valence-corrected chi connectivity index (χ2v) is 5.43. The molecule has 130 valence electrons. The smallest absolute Gasteiger partial charge is 0.255 e. The monoisotopic (exact) mass is 341 g/mol. The van der Waals surface area contributed by atoms with E-state index in [9.17, 15) is 4.79 Å². The van der Waals surface area contributed by atoms with E-state index < -0.39 is 0 Å². The highest BCUT2D eigenvalue weighted by molar-refractivity contribution is 6.05. The highest BCUT2D eigenvalue weighted by Gasteiger charge is 2.17. The van der Waals surface area contributed by atoms with Crippen LogP contribution in [-0.2, 0) is 7.05 Å². The number of methoxy groups -OCH3 is 3. The number of benzene rings is 2. The lowest BCUT2D eigenvalue weighted by molar-refractivity contribution is 0.102. The van der Waals surface area contributed by atoms with Crippen LogP contribution in [0.15, 0.2) is 36.7 Å². The Morgan fingerprint density at radius 3 is 2.32 bits per heavy atom. The summed E-state index contributed by atoms with van der Waals surface area (Å²) in [6.45, 7) is 0. The lowest BCUT2D eigenvalue weighted by atomic mass is 10.1. The molecule has 0 saturated carbocycles. The number of anilines is 1. The summed E-state index contributed by atoms with van der Waals surface area (Å²) >= 11 is 0. The number of rotatable bonds is 5. The van der Waals surface area contributed by atoms with Crippen LogP contribution in [0.5, 0.6) is 17.2 Å². The van der Waals surface area contributed by atoms with Crippen molar-refractivity contribution in [2.45, 2.75) is 0 Å². The minimum absolute atomic E-state index is 0.277. The zero-order chi connectivity index (χ0) is 18.0. The minimum atomic E-state index is -0.277. The van der Waals surface area contributed by atoms with Gasteiger partial charge in [0.25, 0.3) is 5.91 Å². The predicted octanol–water partition coefficient (Wildman–Crippen LogP) is 2.85. The summed E-state index contributed by atoms with van der Waals surface area (Å²) in [6.07, 6.45) is 1.73. The number of imidazole rings is 1. The summed E-state index contributed by atoms with van der Waals surface area (Å²) < 4.78 is 17.7. The van der Waals surface area contributed by atoms with Crippen LogP contribution in [0.4, 0.5) is 5.69 Å². The molecule has 1 amide bonds. The number of hydrogen-bond acceptors (Lipinski definition) is 5. The molecule has 25 heavy (non-hydrogen) atoms. The standard InChI is InChI=1S/C18H19N3O4/c1-21-10-19-13-6-5-12(9-14(13)21)20-18(22)11-7-15(23-2)17(25-4)16(8-11)24-3/h5-10H,1-4H3,(H,20,22). The Morgan fingerprint density at radius 1 is 1.04 bits per heavy atom. The molecule has 0 spiro atoms. The van der Waals surface area contributed by atoms with Gasteiger partial charge < -0.3 is 24.1 Å². The largest absolute Gasteiger partial charge is 0.493 e. The molecular weight excluding hydrogens is 322 g/mol. The van der Waals surface area contributed by atoms with Gasteiger partial charge in [-0.05, 0) is 30.3 Å². The molecule has 0 atom stereocenters. The van der Waals surface area contributed by atoms with E-state index in [1.165, 1.54) is 21.3 Å². The average molecular weight is 341 g/mol. The maximum Gasteiger partial charge on any atom is 0.255 e. The second kappa shape index (κ2) is 6.72. The van der Waals surface area contributed by atoms with Gasteiger partial charge in [-0.2, -0.15) is 0 Å². The van der Waals surface area contributed by atoms with Gasteiger partial charge in [0.05, 0.1) is 38.7 Å². The molecule has 0 saturated heterocycles. The molecule has 0 aliphatic rings. The lowest BCUT2D eigenvalue weighted by Gasteiger charge is -2.14. The molecule has 7 heteroatoms. The van der Waals surface area contributed by atoms with Crippen LogP contribution in [0.25, 0.3) is 11.0 Å². The normalized spacial score (nSPS) is 10.6. The van der Waals surface area contributed by atoms with Gasteiger partial charge >= 0.3 is 0 Å². The highest BCUT2D eigenvalue weighted by atomic mass is 16.5. The number of nitrogens with one attached hydrogen (secondary N) is 1. The Labute approximate surface area is 145 Å². The molecule has 0 radical (unpaired) electrons. The predicted molar refractivity (Wildman–Crippen MR) is 94.8 cm³/mol. The van der Waals surface area contributed by atoms with E-state index in [1.54, 1.807) is 18.5 Å². The Bertz CT molecular complexity index is 908. The van der Waals surface area contributed by atoms with Crippen molar-refractivity contribution in [2.24, 2.45) is 7.05 Å². The van der Waals surface area contributed by atoms with E-state index in [0.29, 0.717) is 28.5 Å². The molecule has 2 aromatic carbocycles. The number of fused-ring (bicyclic) bond motifs is 1. The fraction of sp³-hybridized carbons (Fsp3) is 0.222. The van der Waals surface area contributed by atoms with Gasteiger partial charge in [0.15, 0.2) is 11.5 Å². The van der Waals surface area contributed by atoms with E-state index >= 15 is 0 Å². The molecule has 0 bridgehead atoms. The Morgan fingerprint density at radius 2 is 1.72 bits per heavy atom. The molecule has 3 rings (SSSR count). The first-order chi connectivity index (χ1) is 12.1. The highest BCUT2D eigenvalue weighted by Crippen LogP contribution is 2.38. The Balaban J connectivity index is 1.92. The second-order valence-electron chi connectivity index (χ2n) is 5.43. The first-order valence-electron chi connectivity index (χ1n) is 7.59. The van der Waals surface area contributed by atoms with Crippen molar-refractivity contribution in [1.82, 2.24) is 9.55 Å². The van der Waals surface area contributed by atoms with Crippen molar-refractivity contribution in [3.8, 4) is 17.2 Å². The number of nitrogens with zero attached hydrogens (tertiary/aromatic N) is 2. The van der Waals surface area contributed by atoms with Gasteiger partial charge in [0.2, 0.25) is 5.75 Å². The molecule has 1 aromatic heterocycles. The third-order valence-corrected chi connectivity index (χ3v) is 3.91. The fourth-order valence-corrected chi connectivity index (χ4v) is 2.62. The molecule has 1 N–H and O–H groups in total.